The minimum Gasteiger partial charge on any atom is -0.461 e. The zero-order valence-corrected chi connectivity index (χ0v) is 13.7. The Kier molecular flexibility index (Phi) is 4.71. The highest BCUT2D eigenvalue weighted by atomic mass is 32.1. The molecule has 1 fully saturated rings. The molecule has 1 aliphatic heterocycles. The number of benzene rings is 1. The second-order valence-corrected chi connectivity index (χ2v) is 6.35. The lowest BCUT2D eigenvalue weighted by Gasteiger charge is -2.13. The fraction of sp³-hybridized carbons (Fsp3) is 0.353. The van der Waals surface area contributed by atoms with E-state index >= 15 is 0 Å². The van der Waals surface area contributed by atoms with Crippen LogP contribution in [0.2, 0.25) is 0 Å². The molecule has 0 N–H and O–H groups in total. The molecule has 1 aromatic carbocycles. The van der Waals surface area contributed by atoms with Crippen LogP contribution in [0.3, 0.4) is 0 Å². The molecule has 0 bridgehead atoms. The van der Waals surface area contributed by atoms with Crippen LogP contribution in [0.4, 0.5) is 0 Å². The molecule has 5 nitrogen and oxygen atoms in total. The summed E-state index contributed by atoms with van der Waals surface area (Å²) in [4.78, 5) is 30.8. The first-order chi connectivity index (χ1) is 11.2. The quantitative estimate of drug-likeness (QED) is 0.791. The van der Waals surface area contributed by atoms with E-state index in [9.17, 15) is 9.59 Å². The number of aromatic nitrogens is 1. The Bertz CT molecular complexity index is 699. The van der Waals surface area contributed by atoms with Gasteiger partial charge in [-0.25, -0.2) is 9.78 Å². The van der Waals surface area contributed by atoms with Crippen LogP contribution in [-0.4, -0.2) is 41.5 Å². The molecule has 1 amide bonds. The van der Waals surface area contributed by atoms with Crippen LogP contribution in [0, 0.1) is 5.92 Å². The first-order valence-electron chi connectivity index (χ1n) is 7.62. The molecule has 2 heterocycles. The van der Waals surface area contributed by atoms with Crippen LogP contribution in [-0.2, 0) is 9.53 Å². The van der Waals surface area contributed by atoms with E-state index in [2.05, 4.69) is 4.98 Å². The third-order valence-corrected chi connectivity index (χ3v) is 4.80. The molecule has 0 spiro atoms. The van der Waals surface area contributed by atoms with Gasteiger partial charge in [-0.1, -0.05) is 30.3 Å². The summed E-state index contributed by atoms with van der Waals surface area (Å²) in [6.45, 7) is 3.57. The van der Waals surface area contributed by atoms with Gasteiger partial charge in [-0.05, 0) is 12.5 Å². The van der Waals surface area contributed by atoms with E-state index in [4.69, 9.17) is 4.74 Å². The summed E-state index contributed by atoms with van der Waals surface area (Å²) < 4.78 is 5.40. The van der Waals surface area contributed by atoms with Crippen LogP contribution >= 0.6 is 11.3 Å². The number of carbonyl (C=O) groups excluding carboxylic acids is 2. The second-order valence-electron chi connectivity index (χ2n) is 5.50. The van der Waals surface area contributed by atoms with Gasteiger partial charge >= 0.3 is 5.97 Å². The van der Waals surface area contributed by atoms with Gasteiger partial charge in [0, 0.05) is 25.4 Å². The maximum absolute atomic E-state index is 12.3. The standard InChI is InChI=1S/C17H18N2O3S/c1-2-19-9-12(8-14(19)20)10-22-17(21)15-16(23-11-18-15)13-6-4-3-5-7-13/h3-7,11-12H,2,8-10H2,1H3/t12-/m1/s1. The maximum atomic E-state index is 12.3. The Morgan fingerprint density at radius 2 is 2.17 bits per heavy atom. The lowest BCUT2D eigenvalue weighted by Crippen LogP contribution is -2.25. The second kappa shape index (κ2) is 6.91. The third kappa shape index (κ3) is 3.42. The number of hydrogen-bond donors (Lipinski definition) is 0. The predicted octanol–water partition coefficient (Wildman–Crippen LogP) is 2.84. The van der Waals surface area contributed by atoms with E-state index in [0.717, 1.165) is 10.4 Å². The number of rotatable bonds is 5. The summed E-state index contributed by atoms with van der Waals surface area (Å²) in [5, 5.41) is 0. The number of carbonyl (C=O) groups is 2. The number of ether oxygens (including phenoxy) is 1. The van der Waals surface area contributed by atoms with Gasteiger partial charge in [-0.15, -0.1) is 11.3 Å². The van der Waals surface area contributed by atoms with Crippen molar-refractivity contribution in [1.29, 1.82) is 0 Å². The number of nitrogens with zero attached hydrogens (tertiary/aromatic N) is 2. The highest BCUT2D eigenvalue weighted by Gasteiger charge is 2.29. The molecule has 2 aromatic rings. The molecule has 120 valence electrons. The van der Waals surface area contributed by atoms with Crippen LogP contribution < -0.4 is 0 Å². The van der Waals surface area contributed by atoms with Gasteiger partial charge in [0.05, 0.1) is 17.0 Å². The average molecular weight is 330 g/mol. The molecule has 1 aromatic heterocycles. The van der Waals surface area contributed by atoms with Crippen LogP contribution in [0.25, 0.3) is 10.4 Å². The summed E-state index contributed by atoms with van der Waals surface area (Å²) in [6, 6.07) is 9.67. The van der Waals surface area contributed by atoms with Gasteiger partial charge in [-0.2, -0.15) is 0 Å². The lowest BCUT2D eigenvalue weighted by atomic mass is 10.1. The third-order valence-electron chi connectivity index (χ3n) is 3.92. The maximum Gasteiger partial charge on any atom is 0.358 e. The molecule has 0 aliphatic carbocycles. The van der Waals surface area contributed by atoms with E-state index < -0.39 is 5.97 Å². The molecular weight excluding hydrogens is 312 g/mol. The van der Waals surface area contributed by atoms with E-state index in [-0.39, 0.29) is 18.4 Å². The van der Waals surface area contributed by atoms with E-state index in [1.54, 1.807) is 10.4 Å². The minimum atomic E-state index is -0.424. The normalized spacial score (nSPS) is 17.5. The van der Waals surface area contributed by atoms with Crippen LogP contribution in [0.5, 0.6) is 0 Å². The van der Waals surface area contributed by atoms with Crippen LogP contribution in [0.1, 0.15) is 23.8 Å². The molecular formula is C17H18N2O3S. The van der Waals surface area contributed by atoms with Crippen molar-refractivity contribution in [3.05, 3.63) is 41.5 Å². The summed E-state index contributed by atoms with van der Waals surface area (Å²) in [5.74, 6) is -0.218. The van der Waals surface area contributed by atoms with Gasteiger partial charge in [0.2, 0.25) is 5.91 Å². The monoisotopic (exact) mass is 330 g/mol. The fourth-order valence-electron chi connectivity index (χ4n) is 2.72. The SMILES string of the molecule is CCN1C[C@H](COC(=O)c2ncsc2-c2ccccc2)CC1=O. The number of hydrogen-bond acceptors (Lipinski definition) is 5. The summed E-state index contributed by atoms with van der Waals surface area (Å²) in [5.41, 5.74) is 2.95. The van der Waals surface area contributed by atoms with Crippen LogP contribution in [0.15, 0.2) is 35.8 Å². The molecule has 6 heteroatoms. The molecule has 0 saturated carbocycles. The van der Waals surface area contributed by atoms with Gasteiger partial charge in [0.25, 0.3) is 0 Å². The Morgan fingerprint density at radius 3 is 2.87 bits per heavy atom. The zero-order chi connectivity index (χ0) is 16.2. The molecule has 1 atom stereocenters. The molecule has 0 radical (unpaired) electrons. The smallest absolute Gasteiger partial charge is 0.358 e. The van der Waals surface area contributed by atoms with E-state index in [1.807, 2.05) is 37.3 Å². The van der Waals surface area contributed by atoms with Crippen molar-refractivity contribution in [2.45, 2.75) is 13.3 Å². The Labute approximate surface area is 138 Å². The molecule has 1 saturated heterocycles. The van der Waals surface area contributed by atoms with Crippen molar-refractivity contribution in [2.75, 3.05) is 19.7 Å². The summed E-state index contributed by atoms with van der Waals surface area (Å²) >= 11 is 1.42. The van der Waals surface area contributed by atoms with Crippen molar-refractivity contribution in [3.63, 3.8) is 0 Å². The molecule has 23 heavy (non-hydrogen) atoms. The molecule has 1 aliphatic rings. The fourth-order valence-corrected chi connectivity index (χ4v) is 3.50. The topological polar surface area (TPSA) is 59.5 Å². The summed E-state index contributed by atoms with van der Waals surface area (Å²) in [6.07, 6.45) is 0.448. The Balaban J connectivity index is 1.64. The van der Waals surface area contributed by atoms with Gasteiger partial charge in [-0.3, -0.25) is 4.79 Å². The highest BCUT2D eigenvalue weighted by Crippen LogP contribution is 2.28. The number of amides is 1. The molecule has 0 unspecified atom stereocenters. The van der Waals surface area contributed by atoms with Crippen molar-refractivity contribution in [1.82, 2.24) is 9.88 Å². The number of thiazole rings is 1. The van der Waals surface area contributed by atoms with Crippen molar-refractivity contribution < 1.29 is 14.3 Å². The predicted molar refractivity (Wildman–Crippen MR) is 88.2 cm³/mol. The summed E-state index contributed by atoms with van der Waals surface area (Å²) in [7, 11) is 0. The lowest BCUT2D eigenvalue weighted by molar-refractivity contribution is -0.127. The van der Waals surface area contributed by atoms with Gasteiger partial charge in [0.1, 0.15) is 0 Å². The Morgan fingerprint density at radius 1 is 1.39 bits per heavy atom. The van der Waals surface area contributed by atoms with E-state index in [0.29, 0.717) is 25.2 Å². The van der Waals surface area contributed by atoms with Crippen molar-refractivity contribution >= 4 is 23.2 Å². The van der Waals surface area contributed by atoms with Crippen molar-refractivity contribution in [3.8, 4) is 10.4 Å². The largest absolute Gasteiger partial charge is 0.461 e. The first kappa shape index (κ1) is 15.7. The van der Waals surface area contributed by atoms with Gasteiger partial charge in [0.15, 0.2) is 5.69 Å². The van der Waals surface area contributed by atoms with E-state index in [1.165, 1.54) is 11.3 Å². The Hall–Kier alpha value is -2.21. The number of likely N-dealkylation sites (tertiary alicyclic amines) is 1. The number of esters is 1. The highest BCUT2D eigenvalue weighted by molar-refractivity contribution is 7.13. The van der Waals surface area contributed by atoms with Gasteiger partial charge < -0.3 is 9.64 Å². The minimum absolute atomic E-state index is 0.0743. The zero-order valence-electron chi connectivity index (χ0n) is 12.9. The van der Waals surface area contributed by atoms with Crippen molar-refractivity contribution in [2.24, 2.45) is 5.92 Å². The molecule has 3 rings (SSSR count). The average Bonchev–Trinajstić information content (AvgIpc) is 3.20. The first-order valence-corrected chi connectivity index (χ1v) is 8.50.